The van der Waals surface area contributed by atoms with Gasteiger partial charge in [0, 0.05) is 11.9 Å². The molecule has 3 aromatic rings. The first-order valence-corrected chi connectivity index (χ1v) is 8.19. The van der Waals surface area contributed by atoms with Crippen LogP contribution in [0.15, 0.2) is 23.6 Å². The quantitative estimate of drug-likeness (QED) is 0.735. The van der Waals surface area contributed by atoms with Gasteiger partial charge in [-0.3, -0.25) is 0 Å². The van der Waals surface area contributed by atoms with Gasteiger partial charge in [0.1, 0.15) is 10.6 Å². The Labute approximate surface area is 129 Å². The number of aromatic nitrogens is 2. The number of anilines is 2. The molecular weight excluding hydrogens is 312 g/mol. The summed E-state index contributed by atoms with van der Waals surface area (Å²) in [4.78, 5) is 11.1. The van der Waals surface area contributed by atoms with Crippen molar-refractivity contribution in [3.05, 3.63) is 32.8 Å². The predicted octanol–water partition coefficient (Wildman–Crippen LogP) is 4.62. The van der Waals surface area contributed by atoms with E-state index in [2.05, 4.69) is 27.5 Å². The van der Waals surface area contributed by atoms with E-state index in [4.69, 9.17) is 11.6 Å². The number of hydrogen-bond acceptors (Lipinski definition) is 6. The average Bonchev–Trinajstić information content (AvgIpc) is 3.06. The third-order valence-electron chi connectivity index (χ3n) is 2.92. The molecule has 0 amide bonds. The van der Waals surface area contributed by atoms with Crippen LogP contribution in [-0.4, -0.2) is 17.0 Å². The molecule has 0 fully saturated rings. The molecule has 20 heavy (non-hydrogen) atoms. The van der Waals surface area contributed by atoms with Crippen molar-refractivity contribution < 1.29 is 0 Å². The summed E-state index contributed by atoms with van der Waals surface area (Å²) in [6.45, 7) is 2.10. The van der Waals surface area contributed by atoms with Crippen LogP contribution >= 0.6 is 34.3 Å². The van der Waals surface area contributed by atoms with E-state index in [9.17, 15) is 0 Å². The van der Waals surface area contributed by atoms with Crippen molar-refractivity contribution in [1.82, 2.24) is 9.97 Å². The van der Waals surface area contributed by atoms with Crippen molar-refractivity contribution in [2.45, 2.75) is 13.0 Å². The van der Waals surface area contributed by atoms with Crippen LogP contribution in [0.5, 0.6) is 0 Å². The Hall–Kier alpha value is -1.37. The van der Waals surface area contributed by atoms with Crippen molar-refractivity contribution in [1.29, 1.82) is 0 Å². The minimum atomic E-state index is 0.148. The molecule has 104 valence electrons. The van der Waals surface area contributed by atoms with Gasteiger partial charge in [0.15, 0.2) is 0 Å². The highest BCUT2D eigenvalue weighted by Crippen LogP contribution is 2.32. The highest BCUT2D eigenvalue weighted by atomic mass is 35.5. The summed E-state index contributed by atoms with van der Waals surface area (Å²) in [7, 11) is 1.82. The molecular formula is C13H13ClN4S2. The highest BCUT2D eigenvalue weighted by Gasteiger charge is 2.13. The second-order valence-corrected chi connectivity index (χ2v) is 6.93. The molecule has 0 spiro atoms. The number of nitrogens with one attached hydrogen (secondary N) is 2. The summed E-state index contributed by atoms with van der Waals surface area (Å²) in [5.74, 6) is 1.47. The second-order valence-electron chi connectivity index (χ2n) is 4.29. The minimum absolute atomic E-state index is 0.148. The van der Waals surface area contributed by atoms with E-state index in [0.717, 1.165) is 20.4 Å². The van der Waals surface area contributed by atoms with Crippen molar-refractivity contribution >= 4 is 56.3 Å². The largest absolute Gasteiger partial charge is 0.362 e. The maximum Gasteiger partial charge on any atom is 0.225 e. The fourth-order valence-corrected chi connectivity index (χ4v) is 3.74. The van der Waals surface area contributed by atoms with Gasteiger partial charge in [-0.1, -0.05) is 11.6 Å². The Balaban J connectivity index is 1.95. The summed E-state index contributed by atoms with van der Waals surface area (Å²) in [5, 5.41) is 9.50. The van der Waals surface area contributed by atoms with Gasteiger partial charge in [0.25, 0.3) is 0 Å². The standard InChI is InChI=1S/C13H13ClN4S2/c1-7(9-3-4-10(14)20-9)16-11-8-5-6-19-12(8)18-13(15-2)17-11/h3-7H,1-2H3,(H2,15,16,17,18). The van der Waals surface area contributed by atoms with E-state index >= 15 is 0 Å². The highest BCUT2D eigenvalue weighted by molar-refractivity contribution is 7.17. The fraction of sp³-hybridized carbons (Fsp3) is 0.231. The Morgan fingerprint density at radius 1 is 1.25 bits per heavy atom. The number of rotatable bonds is 4. The van der Waals surface area contributed by atoms with Gasteiger partial charge in [-0.05, 0) is 30.5 Å². The first kappa shape index (κ1) is 13.6. The lowest BCUT2D eigenvalue weighted by molar-refractivity contribution is 0.898. The first-order chi connectivity index (χ1) is 9.67. The lowest BCUT2D eigenvalue weighted by atomic mass is 10.2. The van der Waals surface area contributed by atoms with E-state index in [1.807, 2.05) is 30.6 Å². The van der Waals surface area contributed by atoms with Crippen LogP contribution in [0.1, 0.15) is 17.8 Å². The Bertz CT molecular complexity index is 737. The molecule has 3 rings (SSSR count). The lowest BCUT2D eigenvalue weighted by Gasteiger charge is -2.14. The maximum atomic E-state index is 5.99. The molecule has 0 saturated heterocycles. The van der Waals surface area contributed by atoms with Crippen molar-refractivity contribution in [3.8, 4) is 0 Å². The summed E-state index contributed by atoms with van der Waals surface area (Å²) in [6, 6.07) is 6.14. The molecule has 1 unspecified atom stereocenters. The monoisotopic (exact) mass is 324 g/mol. The summed E-state index contributed by atoms with van der Waals surface area (Å²) < 4.78 is 0.799. The number of halogens is 1. The van der Waals surface area contributed by atoms with Crippen LogP contribution in [0.3, 0.4) is 0 Å². The molecule has 3 aromatic heterocycles. The smallest absolute Gasteiger partial charge is 0.225 e. The minimum Gasteiger partial charge on any atom is -0.362 e. The molecule has 1 atom stereocenters. The molecule has 7 heteroatoms. The first-order valence-electron chi connectivity index (χ1n) is 6.12. The third-order valence-corrected chi connectivity index (χ3v) is 5.14. The molecule has 0 aliphatic heterocycles. The number of nitrogens with zero attached hydrogens (tertiary/aromatic N) is 2. The summed E-state index contributed by atoms with van der Waals surface area (Å²) >= 11 is 9.18. The van der Waals surface area contributed by atoms with Gasteiger partial charge >= 0.3 is 0 Å². The molecule has 0 aliphatic rings. The van der Waals surface area contributed by atoms with Crippen LogP contribution in [0.2, 0.25) is 4.34 Å². The van der Waals surface area contributed by atoms with E-state index < -0.39 is 0 Å². The molecule has 3 heterocycles. The molecule has 0 aliphatic carbocycles. The Morgan fingerprint density at radius 3 is 2.80 bits per heavy atom. The van der Waals surface area contributed by atoms with Crippen LogP contribution in [0.25, 0.3) is 10.2 Å². The van der Waals surface area contributed by atoms with Gasteiger partial charge in [-0.25, -0.2) is 4.98 Å². The zero-order chi connectivity index (χ0) is 14.1. The van der Waals surface area contributed by atoms with Gasteiger partial charge in [-0.15, -0.1) is 22.7 Å². The van der Waals surface area contributed by atoms with Crippen molar-refractivity contribution in [2.24, 2.45) is 0 Å². The van der Waals surface area contributed by atoms with Gasteiger partial charge < -0.3 is 10.6 Å². The van der Waals surface area contributed by atoms with Gasteiger partial charge in [-0.2, -0.15) is 4.98 Å². The zero-order valence-corrected chi connectivity index (χ0v) is 13.4. The van der Waals surface area contributed by atoms with Gasteiger partial charge in [0.2, 0.25) is 5.95 Å². The van der Waals surface area contributed by atoms with Crippen LogP contribution in [0, 0.1) is 0 Å². The third kappa shape index (κ3) is 2.59. The Kier molecular flexibility index (Phi) is 3.78. The second kappa shape index (κ2) is 5.55. The number of thiophene rings is 2. The summed E-state index contributed by atoms with van der Waals surface area (Å²) in [5.41, 5.74) is 0. The average molecular weight is 325 g/mol. The maximum absolute atomic E-state index is 5.99. The fourth-order valence-electron chi connectivity index (χ4n) is 1.91. The van der Waals surface area contributed by atoms with E-state index in [1.165, 1.54) is 4.88 Å². The van der Waals surface area contributed by atoms with Gasteiger partial charge in [0.05, 0.1) is 15.8 Å². The molecule has 0 aromatic carbocycles. The summed E-state index contributed by atoms with van der Waals surface area (Å²) in [6.07, 6.45) is 0. The SMILES string of the molecule is CNc1nc(NC(C)c2ccc(Cl)s2)c2ccsc2n1. The van der Waals surface area contributed by atoms with Crippen molar-refractivity contribution in [3.63, 3.8) is 0 Å². The van der Waals surface area contributed by atoms with Crippen LogP contribution in [-0.2, 0) is 0 Å². The molecule has 0 bridgehead atoms. The molecule has 4 nitrogen and oxygen atoms in total. The topological polar surface area (TPSA) is 49.8 Å². The Morgan fingerprint density at radius 2 is 2.10 bits per heavy atom. The van der Waals surface area contributed by atoms with Crippen LogP contribution in [0.4, 0.5) is 11.8 Å². The van der Waals surface area contributed by atoms with E-state index in [-0.39, 0.29) is 6.04 Å². The molecule has 0 radical (unpaired) electrons. The molecule has 0 saturated carbocycles. The van der Waals surface area contributed by atoms with E-state index in [1.54, 1.807) is 22.7 Å². The predicted molar refractivity (Wildman–Crippen MR) is 88.3 cm³/mol. The van der Waals surface area contributed by atoms with Crippen LogP contribution < -0.4 is 10.6 Å². The zero-order valence-electron chi connectivity index (χ0n) is 11.0. The number of hydrogen-bond donors (Lipinski definition) is 2. The molecule has 2 N–H and O–H groups in total. The number of fused-ring (bicyclic) bond motifs is 1. The van der Waals surface area contributed by atoms with E-state index in [0.29, 0.717) is 5.95 Å². The normalized spacial score (nSPS) is 12.6. The van der Waals surface area contributed by atoms with Crippen molar-refractivity contribution in [2.75, 3.05) is 17.7 Å². The lowest BCUT2D eigenvalue weighted by Crippen LogP contribution is -2.08.